The quantitative estimate of drug-likeness (QED) is 0.882. The molecule has 1 aromatic rings. The van der Waals surface area contributed by atoms with Crippen LogP contribution in [0.2, 0.25) is 0 Å². The molecule has 1 aliphatic rings. The predicted octanol–water partition coefficient (Wildman–Crippen LogP) is 2.45. The summed E-state index contributed by atoms with van der Waals surface area (Å²) in [5.74, 6) is -0.346. The summed E-state index contributed by atoms with van der Waals surface area (Å²) in [5, 5.41) is -0.0631. The van der Waals surface area contributed by atoms with Crippen LogP contribution < -0.4 is 5.73 Å². The Bertz CT molecular complexity index is 447. The molecular formula is C13H18FNOS. The van der Waals surface area contributed by atoms with Crippen LogP contribution in [0.1, 0.15) is 26.7 Å². The van der Waals surface area contributed by atoms with Gasteiger partial charge in [-0.05, 0) is 36.5 Å². The van der Waals surface area contributed by atoms with Gasteiger partial charge >= 0.3 is 0 Å². The third-order valence-electron chi connectivity index (χ3n) is 3.68. The SMILES string of the molecule is CC1(C)CCC(S(=O)c2cccc(F)c2)C1N. The van der Waals surface area contributed by atoms with Crippen LogP contribution in [0.25, 0.3) is 0 Å². The molecule has 1 fully saturated rings. The molecule has 2 N–H and O–H groups in total. The van der Waals surface area contributed by atoms with Crippen LogP contribution in [0.3, 0.4) is 0 Å². The molecule has 0 bridgehead atoms. The summed E-state index contributed by atoms with van der Waals surface area (Å²) in [4.78, 5) is 0.545. The first-order chi connectivity index (χ1) is 7.92. The topological polar surface area (TPSA) is 43.1 Å². The van der Waals surface area contributed by atoms with Crippen molar-refractivity contribution in [3.63, 3.8) is 0 Å². The molecule has 0 aliphatic heterocycles. The van der Waals surface area contributed by atoms with Crippen LogP contribution in [0.4, 0.5) is 4.39 Å². The number of hydrogen-bond acceptors (Lipinski definition) is 2. The summed E-state index contributed by atoms with van der Waals surface area (Å²) >= 11 is 0. The molecule has 0 aromatic heterocycles. The van der Waals surface area contributed by atoms with Crippen molar-refractivity contribution in [3.05, 3.63) is 30.1 Å². The fourth-order valence-corrected chi connectivity index (χ4v) is 4.13. The molecular weight excluding hydrogens is 237 g/mol. The van der Waals surface area contributed by atoms with Crippen molar-refractivity contribution in [3.8, 4) is 0 Å². The minimum absolute atomic E-state index is 0.0215. The number of hydrogen-bond donors (Lipinski definition) is 1. The van der Waals surface area contributed by atoms with Crippen LogP contribution >= 0.6 is 0 Å². The van der Waals surface area contributed by atoms with E-state index in [0.29, 0.717) is 4.90 Å². The number of rotatable bonds is 2. The van der Waals surface area contributed by atoms with E-state index >= 15 is 0 Å². The first kappa shape index (κ1) is 12.7. The van der Waals surface area contributed by atoms with Crippen molar-refractivity contribution in [2.24, 2.45) is 11.1 Å². The molecule has 94 valence electrons. The van der Waals surface area contributed by atoms with Gasteiger partial charge in [-0.2, -0.15) is 0 Å². The maximum absolute atomic E-state index is 13.1. The highest BCUT2D eigenvalue weighted by Gasteiger charge is 2.42. The van der Waals surface area contributed by atoms with E-state index in [1.165, 1.54) is 12.1 Å². The molecule has 3 atom stereocenters. The van der Waals surface area contributed by atoms with Crippen molar-refractivity contribution in [1.82, 2.24) is 0 Å². The highest BCUT2D eigenvalue weighted by molar-refractivity contribution is 7.85. The summed E-state index contributed by atoms with van der Waals surface area (Å²) in [6.07, 6.45) is 1.82. The van der Waals surface area contributed by atoms with Gasteiger partial charge in [0.25, 0.3) is 0 Å². The van der Waals surface area contributed by atoms with Crippen LogP contribution in [0.15, 0.2) is 29.2 Å². The van der Waals surface area contributed by atoms with E-state index in [-0.39, 0.29) is 22.5 Å². The Morgan fingerprint density at radius 1 is 1.47 bits per heavy atom. The average molecular weight is 255 g/mol. The average Bonchev–Trinajstić information content (AvgIpc) is 2.54. The van der Waals surface area contributed by atoms with Gasteiger partial charge in [0, 0.05) is 10.9 Å². The maximum atomic E-state index is 13.1. The minimum Gasteiger partial charge on any atom is -0.326 e. The highest BCUT2D eigenvalue weighted by Crippen LogP contribution is 2.39. The summed E-state index contributed by atoms with van der Waals surface area (Å²) < 4.78 is 25.5. The zero-order valence-corrected chi connectivity index (χ0v) is 11.0. The van der Waals surface area contributed by atoms with E-state index in [0.717, 1.165) is 12.8 Å². The second-order valence-corrected chi connectivity index (χ2v) is 7.02. The van der Waals surface area contributed by atoms with Crippen molar-refractivity contribution in [2.45, 2.75) is 42.9 Å². The molecule has 0 amide bonds. The van der Waals surface area contributed by atoms with Gasteiger partial charge in [-0.1, -0.05) is 19.9 Å². The lowest BCUT2D eigenvalue weighted by Crippen LogP contribution is -2.41. The van der Waals surface area contributed by atoms with E-state index < -0.39 is 10.8 Å². The molecule has 3 unspecified atom stereocenters. The van der Waals surface area contributed by atoms with Gasteiger partial charge < -0.3 is 5.73 Å². The molecule has 17 heavy (non-hydrogen) atoms. The van der Waals surface area contributed by atoms with Crippen molar-refractivity contribution in [2.75, 3.05) is 0 Å². The third-order valence-corrected chi connectivity index (χ3v) is 5.48. The van der Waals surface area contributed by atoms with Gasteiger partial charge in [0.05, 0.1) is 16.0 Å². The smallest absolute Gasteiger partial charge is 0.124 e. The Morgan fingerprint density at radius 2 is 2.18 bits per heavy atom. The van der Waals surface area contributed by atoms with Crippen molar-refractivity contribution >= 4 is 10.8 Å². The minimum atomic E-state index is -1.21. The normalized spacial score (nSPS) is 29.2. The Kier molecular flexibility index (Phi) is 3.36. The summed E-state index contributed by atoms with van der Waals surface area (Å²) in [7, 11) is -1.21. The monoisotopic (exact) mass is 255 g/mol. The number of benzene rings is 1. The number of halogens is 1. The Labute approximate surface area is 104 Å². The lowest BCUT2D eigenvalue weighted by Gasteiger charge is -2.26. The van der Waals surface area contributed by atoms with Crippen LogP contribution in [0.5, 0.6) is 0 Å². The zero-order chi connectivity index (χ0) is 12.6. The molecule has 1 aliphatic carbocycles. The summed E-state index contributed by atoms with van der Waals surface area (Å²) in [5.41, 5.74) is 6.17. The predicted molar refractivity (Wildman–Crippen MR) is 67.6 cm³/mol. The van der Waals surface area contributed by atoms with Crippen LogP contribution in [-0.2, 0) is 10.8 Å². The third kappa shape index (κ3) is 2.43. The summed E-state index contributed by atoms with van der Waals surface area (Å²) in [6.45, 7) is 4.20. The van der Waals surface area contributed by atoms with Gasteiger partial charge in [0.15, 0.2) is 0 Å². The van der Waals surface area contributed by atoms with Crippen molar-refractivity contribution in [1.29, 1.82) is 0 Å². The van der Waals surface area contributed by atoms with Crippen LogP contribution in [0, 0.1) is 11.2 Å². The van der Waals surface area contributed by atoms with Gasteiger partial charge in [-0.3, -0.25) is 4.21 Å². The highest BCUT2D eigenvalue weighted by atomic mass is 32.2. The van der Waals surface area contributed by atoms with Crippen molar-refractivity contribution < 1.29 is 8.60 Å². The molecule has 0 saturated heterocycles. The van der Waals surface area contributed by atoms with E-state index in [1.807, 2.05) is 0 Å². The fourth-order valence-electron chi connectivity index (χ4n) is 2.37. The van der Waals surface area contributed by atoms with E-state index in [9.17, 15) is 8.60 Å². The molecule has 0 heterocycles. The molecule has 4 heteroatoms. The molecule has 2 rings (SSSR count). The standard InChI is InChI=1S/C13H18FNOS/c1-13(2)7-6-11(12(13)15)17(16)10-5-3-4-9(14)8-10/h3-5,8,11-12H,6-7,15H2,1-2H3. The lowest BCUT2D eigenvalue weighted by molar-refractivity contribution is 0.334. The Hall–Kier alpha value is -0.740. The zero-order valence-electron chi connectivity index (χ0n) is 10.2. The van der Waals surface area contributed by atoms with Gasteiger partial charge in [0.2, 0.25) is 0 Å². The van der Waals surface area contributed by atoms with Gasteiger partial charge in [-0.25, -0.2) is 4.39 Å². The summed E-state index contributed by atoms with van der Waals surface area (Å²) in [6, 6.07) is 5.91. The molecule has 0 spiro atoms. The molecule has 0 radical (unpaired) electrons. The van der Waals surface area contributed by atoms with E-state index in [2.05, 4.69) is 13.8 Å². The van der Waals surface area contributed by atoms with Gasteiger partial charge in [-0.15, -0.1) is 0 Å². The molecule has 1 aromatic carbocycles. The first-order valence-electron chi connectivity index (χ1n) is 5.83. The lowest BCUT2D eigenvalue weighted by atomic mass is 9.88. The fraction of sp³-hybridized carbons (Fsp3) is 0.538. The largest absolute Gasteiger partial charge is 0.326 e. The van der Waals surface area contributed by atoms with Gasteiger partial charge in [0.1, 0.15) is 5.82 Å². The second-order valence-electron chi connectivity index (χ2n) is 5.35. The maximum Gasteiger partial charge on any atom is 0.124 e. The van der Waals surface area contributed by atoms with E-state index in [1.54, 1.807) is 12.1 Å². The number of nitrogens with two attached hydrogens (primary N) is 1. The molecule has 1 saturated carbocycles. The Morgan fingerprint density at radius 3 is 2.71 bits per heavy atom. The second kappa shape index (κ2) is 4.50. The van der Waals surface area contributed by atoms with E-state index in [4.69, 9.17) is 5.73 Å². The first-order valence-corrected chi connectivity index (χ1v) is 7.05. The Balaban J connectivity index is 2.22. The molecule has 2 nitrogen and oxygen atoms in total. The van der Waals surface area contributed by atoms with Crippen LogP contribution in [-0.4, -0.2) is 15.5 Å².